The first kappa shape index (κ1) is 12.2. The Balaban J connectivity index is 2.20. The van der Waals surface area contributed by atoms with E-state index >= 15 is 0 Å². The fourth-order valence-corrected chi connectivity index (χ4v) is 2.55. The summed E-state index contributed by atoms with van der Waals surface area (Å²) in [4.78, 5) is 9.09. The molecular weight excluding hydrogens is 212 g/mol. The monoisotopic (exact) mass is 234 g/mol. The molecule has 4 heteroatoms. The van der Waals surface area contributed by atoms with Gasteiger partial charge in [-0.15, -0.1) is 0 Å². The van der Waals surface area contributed by atoms with Crippen LogP contribution in [-0.4, -0.2) is 43.1 Å². The number of nitrogen functional groups attached to an aromatic ring is 1. The summed E-state index contributed by atoms with van der Waals surface area (Å²) in [6.07, 6.45) is 4.36. The predicted molar refractivity (Wildman–Crippen MR) is 72.3 cm³/mol. The van der Waals surface area contributed by atoms with Crippen LogP contribution in [0.4, 0.5) is 11.5 Å². The quantitative estimate of drug-likeness (QED) is 0.861. The van der Waals surface area contributed by atoms with Crippen molar-refractivity contribution in [2.45, 2.75) is 25.8 Å². The second-order valence-corrected chi connectivity index (χ2v) is 5.18. The molecule has 1 saturated heterocycles. The second kappa shape index (κ2) is 4.92. The number of rotatable bonds is 3. The minimum Gasteiger partial charge on any atom is -0.396 e. The molecule has 2 N–H and O–H groups in total. The van der Waals surface area contributed by atoms with Crippen molar-refractivity contribution in [2.24, 2.45) is 0 Å². The van der Waals surface area contributed by atoms with Gasteiger partial charge in [0.1, 0.15) is 0 Å². The SMILES string of the molecule is Cc1cnc(N2CCCC2CN(C)C)c(N)c1. The third-order valence-corrected chi connectivity index (χ3v) is 3.26. The fourth-order valence-electron chi connectivity index (χ4n) is 2.55. The molecule has 17 heavy (non-hydrogen) atoms. The minimum atomic E-state index is 0.544. The standard InChI is InChI=1S/C13H22N4/c1-10-7-12(14)13(15-8-10)17-6-4-5-11(17)9-16(2)3/h7-8,11H,4-6,9,14H2,1-3H3. The van der Waals surface area contributed by atoms with E-state index in [-0.39, 0.29) is 0 Å². The molecule has 2 heterocycles. The van der Waals surface area contributed by atoms with Gasteiger partial charge in [0.15, 0.2) is 5.82 Å². The predicted octanol–water partition coefficient (Wildman–Crippen LogP) is 1.50. The zero-order valence-corrected chi connectivity index (χ0v) is 11.0. The lowest BCUT2D eigenvalue weighted by Gasteiger charge is -2.29. The molecule has 2 rings (SSSR count). The van der Waals surface area contributed by atoms with Crippen LogP contribution in [-0.2, 0) is 0 Å². The van der Waals surface area contributed by atoms with Crippen molar-refractivity contribution in [2.75, 3.05) is 37.8 Å². The summed E-state index contributed by atoms with van der Waals surface area (Å²) in [5.74, 6) is 0.958. The molecule has 1 atom stereocenters. The van der Waals surface area contributed by atoms with Gasteiger partial charge in [0.2, 0.25) is 0 Å². The highest BCUT2D eigenvalue weighted by Gasteiger charge is 2.27. The van der Waals surface area contributed by atoms with Gasteiger partial charge in [-0.25, -0.2) is 4.98 Å². The Labute approximate surface area is 103 Å². The van der Waals surface area contributed by atoms with E-state index in [2.05, 4.69) is 28.9 Å². The molecule has 94 valence electrons. The van der Waals surface area contributed by atoms with Gasteiger partial charge in [-0.3, -0.25) is 0 Å². The lowest BCUT2D eigenvalue weighted by atomic mass is 10.2. The van der Waals surface area contributed by atoms with Crippen molar-refractivity contribution < 1.29 is 0 Å². The van der Waals surface area contributed by atoms with E-state index in [4.69, 9.17) is 5.73 Å². The Hall–Kier alpha value is -1.29. The summed E-state index contributed by atoms with van der Waals surface area (Å²) in [5, 5.41) is 0. The third-order valence-electron chi connectivity index (χ3n) is 3.26. The van der Waals surface area contributed by atoms with Crippen LogP contribution < -0.4 is 10.6 Å². The first-order chi connectivity index (χ1) is 8.08. The maximum absolute atomic E-state index is 6.08. The molecule has 1 aliphatic rings. The van der Waals surface area contributed by atoms with E-state index in [0.717, 1.165) is 30.2 Å². The third kappa shape index (κ3) is 2.69. The molecule has 1 aromatic rings. The molecule has 0 aliphatic carbocycles. The Bertz CT molecular complexity index is 389. The molecule has 4 nitrogen and oxygen atoms in total. The number of nitrogens with two attached hydrogens (primary N) is 1. The highest BCUT2D eigenvalue weighted by Crippen LogP contribution is 2.28. The van der Waals surface area contributed by atoms with E-state index in [1.807, 2.05) is 19.2 Å². The number of likely N-dealkylation sites (N-methyl/N-ethyl adjacent to an activating group) is 1. The number of pyridine rings is 1. The maximum atomic E-state index is 6.08. The number of hydrogen-bond donors (Lipinski definition) is 1. The number of aromatic nitrogens is 1. The van der Waals surface area contributed by atoms with Crippen LogP contribution in [0.1, 0.15) is 18.4 Å². The molecule has 1 aromatic heterocycles. The van der Waals surface area contributed by atoms with Gasteiger partial charge >= 0.3 is 0 Å². The lowest BCUT2D eigenvalue weighted by molar-refractivity contribution is 0.371. The molecule has 0 spiro atoms. The number of nitrogens with zero attached hydrogens (tertiary/aromatic N) is 3. The Morgan fingerprint density at radius 1 is 1.53 bits per heavy atom. The van der Waals surface area contributed by atoms with Gasteiger partial charge in [-0.1, -0.05) is 0 Å². The molecule has 0 saturated carbocycles. The van der Waals surface area contributed by atoms with Crippen molar-refractivity contribution in [3.05, 3.63) is 17.8 Å². The summed E-state index contributed by atoms with van der Waals surface area (Å²) < 4.78 is 0. The highest BCUT2D eigenvalue weighted by atomic mass is 15.3. The number of hydrogen-bond acceptors (Lipinski definition) is 4. The van der Waals surface area contributed by atoms with Crippen LogP contribution in [0, 0.1) is 6.92 Å². The molecular formula is C13H22N4. The molecule has 0 aromatic carbocycles. The lowest BCUT2D eigenvalue weighted by Crippen LogP contribution is -2.38. The average Bonchev–Trinajstić information content (AvgIpc) is 2.65. The topological polar surface area (TPSA) is 45.4 Å². The molecule has 0 bridgehead atoms. The van der Waals surface area contributed by atoms with Crippen molar-refractivity contribution >= 4 is 11.5 Å². The van der Waals surface area contributed by atoms with Gasteiger partial charge in [0, 0.05) is 25.3 Å². The highest BCUT2D eigenvalue weighted by molar-refractivity contribution is 5.64. The average molecular weight is 234 g/mol. The van der Waals surface area contributed by atoms with Crippen molar-refractivity contribution in [3.8, 4) is 0 Å². The van der Waals surface area contributed by atoms with Crippen LogP contribution in [0.5, 0.6) is 0 Å². The minimum absolute atomic E-state index is 0.544. The fraction of sp³-hybridized carbons (Fsp3) is 0.615. The Kier molecular flexibility index (Phi) is 3.52. The molecule has 1 unspecified atom stereocenters. The maximum Gasteiger partial charge on any atom is 0.152 e. The van der Waals surface area contributed by atoms with Gasteiger partial charge < -0.3 is 15.5 Å². The Morgan fingerprint density at radius 2 is 2.29 bits per heavy atom. The van der Waals surface area contributed by atoms with Gasteiger partial charge in [0.05, 0.1) is 5.69 Å². The summed E-state index contributed by atoms with van der Waals surface area (Å²) in [7, 11) is 4.23. The summed E-state index contributed by atoms with van der Waals surface area (Å²) in [6, 6.07) is 2.55. The van der Waals surface area contributed by atoms with Crippen LogP contribution in [0.3, 0.4) is 0 Å². The second-order valence-electron chi connectivity index (χ2n) is 5.18. The van der Waals surface area contributed by atoms with Crippen LogP contribution in [0.2, 0.25) is 0 Å². The van der Waals surface area contributed by atoms with Crippen LogP contribution >= 0.6 is 0 Å². The summed E-state index contributed by atoms with van der Waals surface area (Å²) in [5.41, 5.74) is 8.00. The largest absolute Gasteiger partial charge is 0.396 e. The molecule has 1 fully saturated rings. The first-order valence-corrected chi connectivity index (χ1v) is 6.21. The van der Waals surface area contributed by atoms with E-state index in [1.54, 1.807) is 0 Å². The smallest absolute Gasteiger partial charge is 0.152 e. The molecule has 1 aliphatic heterocycles. The van der Waals surface area contributed by atoms with E-state index in [1.165, 1.54) is 12.8 Å². The number of aryl methyl sites for hydroxylation is 1. The van der Waals surface area contributed by atoms with Crippen molar-refractivity contribution in [3.63, 3.8) is 0 Å². The Morgan fingerprint density at radius 3 is 2.94 bits per heavy atom. The van der Waals surface area contributed by atoms with E-state index < -0.39 is 0 Å². The summed E-state index contributed by atoms with van der Waals surface area (Å²) >= 11 is 0. The van der Waals surface area contributed by atoms with Crippen LogP contribution in [0.25, 0.3) is 0 Å². The van der Waals surface area contributed by atoms with Crippen LogP contribution in [0.15, 0.2) is 12.3 Å². The van der Waals surface area contributed by atoms with Crippen molar-refractivity contribution in [1.82, 2.24) is 9.88 Å². The van der Waals surface area contributed by atoms with E-state index in [0.29, 0.717) is 6.04 Å². The normalized spacial score (nSPS) is 20.2. The van der Waals surface area contributed by atoms with Gasteiger partial charge in [-0.05, 0) is 45.5 Å². The molecule has 0 amide bonds. The molecule has 0 radical (unpaired) electrons. The van der Waals surface area contributed by atoms with Gasteiger partial charge in [0.25, 0.3) is 0 Å². The summed E-state index contributed by atoms with van der Waals surface area (Å²) in [6.45, 7) is 4.15. The first-order valence-electron chi connectivity index (χ1n) is 6.21. The zero-order chi connectivity index (χ0) is 12.4. The van der Waals surface area contributed by atoms with E-state index in [9.17, 15) is 0 Å². The number of anilines is 2. The van der Waals surface area contributed by atoms with Crippen molar-refractivity contribution in [1.29, 1.82) is 0 Å². The zero-order valence-electron chi connectivity index (χ0n) is 11.0. The van der Waals surface area contributed by atoms with Gasteiger partial charge in [-0.2, -0.15) is 0 Å².